The van der Waals surface area contributed by atoms with Gasteiger partial charge in [0.2, 0.25) is 0 Å². The van der Waals surface area contributed by atoms with Gasteiger partial charge < -0.3 is 5.32 Å². The summed E-state index contributed by atoms with van der Waals surface area (Å²) in [5, 5.41) is 3.42. The Labute approximate surface area is 121 Å². The molecule has 1 heterocycles. The first kappa shape index (κ1) is 14.8. The van der Waals surface area contributed by atoms with E-state index in [9.17, 15) is 0 Å². The molecule has 3 nitrogen and oxygen atoms in total. The van der Waals surface area contributed by atoms with Crippen molar-refractivity contribution in [3.63, 3.8) is 0 Å². The Morgan fingerprint density at radius 2 is 1.55 bits per heavy atom. The molecule has 0 aliphatic rings. The lowest BCUT2D eigenvalue weighted by Gasteiger charge is -2.09. The van der Waals surface area contributed by atoms with Crippen molar-refractivity contribution >= 4 is 16.9 Å². The Morgan fingerprint density at radius 1 is 0.900 bits per heavy atom. The van der Waals surface area contributed by atoms with Crippen LogP contribution in [0, 0.1) is 6.92 Å². The van der Waals surface area contributed by atoms with Gasteiger partial charge in [0, 0.05) is 6.54 Å². The molecule has 0 atom stereocenters. The van der Waals surface area contributed by atoms with Gasteiger partial charge in [-0.1, -0.05) is 51.2 Å². The maximum Gasteiger partial charge on any atom is 0.148 e. The molecule has 0 saturated heterocycles. The van der Waals surface area contributed by atoms with Crippen LogP contribution in [0.1, 0.15) is 51.1 Å². The van der Waals surface area contributed by atoms with Crippen LogP contribution in [-0.4, -0.2) is 16.5 Å². The van der Waals surface area contributed by atoms with Crippen LogP contribution >= 0.6 is 0 Å². The van der Waals surface area contributed by atoms with E-state index < -0.39 is 0 Å². The van der Waals surface area contributed by atoms with Gasteiger partial charge in [-0.05, 0) is 25.5 Å². The summed E-state index contributed by atoms with van der Waals surface area (Å²) in [7, 11) is 0. The monoisotopic (exact) mass is 271 g/mol. The number of aromatic nitrogens is 2. The Balaban J connectivity index is 1.82. The molecule has 0 fully saturated rings. The van der Waals surface area contributed by atoms with Crippen molar-refractivity contribution in [3.05, 3.63) is 30.0 Å². The van der Waals surface area contributed by atoms with Crippen LogP contribution in [0.25, 0.3) is 11.0 Å². The van der Waals surface area contributed by atoms with Gasteiger partial charge in [0.1, 0.15) is 5.82 Å². The Kier molecular flexibility index (Phi) is 5.78. The van der Waals surface area contributed by atoms with E-state index in [2.05, 4.69) is 22.2 Å². The molecule has 0 spiro atoms. The maximum absolute atomic E-state index is 4.65. The first-order valence-electron chi connectivity index (χ1n) is 7.78. The summed E-state index contributed by atoms with van der Waals surface area (Å²) in [5.41, 5.74) is 2.91. The molecule has 3 heteroatoms. The molecule has 0 amide bonds. The standard InChI is InChI=1S/C17H25N3/c1-3-4-5-6-7-10-13-18-17-14(2)19-15-11-8-9-12-16(15)20-17/h8-9,11-12H,3-7,10,13H2,1-2H3,(H,18,20). The molecule has 0 saturated carbocycles. The van der Waals surface area contributed by atoms with E-state index in [0.717, 1.165) is 29.1 Å². The molecule has 1 aromatic heterocycles. The minimum atomic E-state index is 0.928. The molecular weight excluding hydrogens is 246 g/mol. The van der Waals surface area contributed by atoms with E-state index in [1.54, 1.807) is 0 Å². The second-order valence-electron chi connectivity index (χ2n) is 5.34. The molecule has 0 radical (unpaired) electrons. The van der Waals surface area contributed by atoms with Gasteiger partial charge in [0.15, 0.2) is 0 Å². The highest BCUT2D eigenvalue weighted by Gasteiger charge is 2.03. The smallest absolute Gasteiger partial charge is 0.148 e. The third-order valence-corrected chi connectivity index (χ3v) is 3.57. The van der Waals surface area contributed by atoms with Gasteiger partial charge in [-0.25, -0.2) is 9.97 Å². The summed E-state index contributed by atoms with van der Waals surface area (Å²) in [4.78, 5) is 9.24. The van der Waals surface area contributed by atoms with Crippen molar-refractivity contribution < 1.29 is 0 Å². The number of para-hydroxylation sites is 2. The predicted molar refractivity (Wildman–Crippen MR) is 86.1 cm³/mol. The molecule has 0 aliphatic heterocycles. The molecule has 0 aliphatic carbocycles. The highest BCUT2D eigenvalue weighted by molar-refractivity contribution is 5.76. The summed E-state index contributed by atoms with van der Waals surface area (Å²) in [6.07, 6.45) is 7.89. The van der Waals surface area contributed by atoms with Crippen LogP contribution in [0.3, 0.4) is 0 Å². The molecule has 1 aromatic carbocycles. The quantitative estimate of drug-likeness (QED) is 0.706. The normalized spacial score (nSPS) is 10.9. The average Bonchev–Trinajstić information content (AvgIpc) is 2.46. The van der Waals surface area contributed by atoms with Crippen LogP contribution in [0.2, 0.25) is 0 Å². The van der Waals surface area contributed by atoms with Crippen molar-refractivity contribution in [1.82, 2.24) is 9.97 Å². The largest absolute Gasteiger partial charge is 0.369 e. The van der Waals surface area contributed by atoms with E-state index in [4.69, 9.17) is 0 Å². The zero-order valence-electron chi connectivity index (χ0n) is 12.7. The van der Waals surface area contributed by atoms with E-state index in [0.29, 0.717) is 0 Å². The Bertz CT molecular complexity index is 537. The van der Waals surface area contributed by atoms with Crippen molar-refractivity contribution in [3.8, 4) is 0 Å². The number of nitrogens with zero attached hydrogens (tertiary/aromatic N) is 2. The summed E-state index contributed by atoms with van der Waals surface area (Å²) in [5.74, 6) is 0.928. The molecule has 1 N–H and O–H groups in total. The van der Waals surface area contributed by atoms with Crippen LogP contribution in [0.4, 0.5) is 5.82 Å². The fourth-order valence-corrected chi connectivity index (χ4v) is 2.37. The summed E-state index contributed by atoms with van der Waals surface area (Å²) in [6, 6.07) is 8.02. The lowest BCUT2D eigenvalue weighted by molar-refractivity contribution is 0.616. The summed E-state index contributed by atoms with van der Waals surface area (Å²) >= 11 is 0. The first-order valence-corrected chi connectivity index (χ1v) is 7.78. The highest BCUT2D eigenvalue weighted by atomic mass is 15.0. The van der Waals surface area contributed by atoms with Crippen molar-refractivity contribution in [2.75, 3.05) is 11.9 Å². The van der Waals surface area contributed by atoms with E-state index >= 15 is 0 Å². The van der Waals surface area contributed by atoms with Crippen LogP contribution in [-0.2, 0) is 0 Å². The third kappa shape index (κ3) is 4.19. The minimum absolute atomic E-state index is 0.928. The second kappa shape index (κ2) is 7.83. The maximum atomic E-state index is 4.65. The molecular formula is C17H25N3. The molecule has 2 rings (SSSR count). The van der Waals surface area contributed by atoms with Crippen LogP contribution in [0.15, 0.2) is 24.3 Å². The number of unbranched alkanes of at least 4 members (excludes halogenated alkanes) is 5. The van der Waals surface area contributed by atoms with Gasteiger partial charge in [-0.2, -0.15) is 0 Å². The topological polar surface area (TPSA) is 37.8 Å². The minimum Gasteiger partial charge on any atom is -0.369 e. The Hall–Kier alpha value is -1.64. The van der Waals surface area contributed by atoms with Crippen LogP contribution in [0.5, 0.6) is 0 Å². The van der Waals surface area contributed by atoms with Crippen molar-refractivity contribution in [2.24, 2.45) is 0 Å². The number of fused-ring (bicyclic) bond motifs is 1. The Morgan fingerprint density at radius 3 is 2.30 bits per heavy atom. The van der Waals surface area contributed by atoms with Gasteiger partial charge in [-0.15, -0.1) is 0 Å². The van der Waals surface area contributed by atoms with E-state index in [1.165, 1.54) is 38.5 Å². The SMILES string of the molecule is CCCCCCCCNc1nc2ccccc2nc1C. The molecule has 2 aromatic rings. The lowest BCUT2D eigenvalue weighted by Crippen LogP contribution is -2.06. The van der Waals surface area contributed by atoms with Gasteiger partial charge >= 0.3 is 0 Å². The van der Waals surface area contributed by atoms with Crippen molar-refractivity contribution in [2.45, 2.75) is 52.4 Å². The second-order valence-corrected chi connectivity index (χ2v) is 5.34. The fourth-order valence-electron chi connectivity index (χ4n) is 2.37. The predicted octanol–water partition coefficient (Wildman–Crippen LogP) is 4.71. The van der Waals surface area contributed by atoms with E-state index in [1.807, 2.05) is 31.2 Å². The lowest BCUT2D eigenvalue weighted by atomic mass is 10.1. The number of rotatable bonds is 8. The highest BCUT2D eigenvalue weighted by Crippen LogP contribution is 2.16. The number of benzene rings is 1. The number of nitrogens with one attached hydrogen (secondary N) is 1. The average molecular weight is 271 g/mol. The fraction of sp³-hybridized carbons (Fsp3) is 0.529. The molecule has 0 unspecified atom stereocenters. The zero-order valence-corrected chi connectivity index (χ0v) is 12.7. The zero-order chi connectivity index (χ0) is 14.2. The molecule has 0 bridgehead atoms. The number of aryl methyl sites for hydroxylation is 1. The number of anilines is 1. The third-order valence-electron chi connectivity index (χ3n) is 3.57. The summed E-state index contributed by atoms with van der Waals surface area (Å²) in [6.45, 7) is 5.26. The number of hydrogen-bond acceptors (Lipinski definition) is 3. The van der Waals surface area contributed by atoms with Gasteiger partial charge in [0.25, 0.3) is 0 Å². The molecule has 20 heavy (non-hydrogen) atoms. The van der Waals surface area contributed by atoms with Crippen LogP contribution < -0.4 is 5.32 Å². The van der Waals surface area contributed by atoms with E-state index in [-0.39, 0.29) is 0 Å². The first-order chi connectivity index (χ1) is 9.81. The van der Waals surface area contributed by atoms with Crippen molar-refractivity contribution in [1.29, 1.82) is 0 Å². The molecule has 108 valence electrons. The number of hydrogen-bond donors (Lipinski definition) is 1. The van der Waals surface area contributed by atoms with Gasteiger partial charge in [0.05, 0.1) is 16.7 Å². The van der Waals surface area contributed by atoms with Gasteiger partial charge in [-0.3, -0.25) is 0 Å². The summed E-state index contributed by atoms with van der Waals surface area (Å²) < 4.78 is 0.